The minimum absolute atomic E-state index is 0.282. The molecule has 1 unspecified atom stereocenters. The molecule has 4 heterocycles. The maximum Gasteiger partial charge on any atom is 0.215 e. The van der Waals surface area contributed by atoms with Crippen LogP contribution in [0.4, 0.5) is 5.82 Å². The molecule has 0 radical (unpaired) electrons. The van der Waals surface area contributed by atoms with Crippen molar-refractivity contribution in [3.05, 3.63) is 46.6 Å². The normalized spacial score (nSPS) is 22.9. The van der Waals surface area contributed by atoms with E-state index in [1.54, 1.807) is 22.7 Å². The van der Waals surface area contributed by atoms with Crippen molar-refractivity contribution in [2.45, 2.75) is 44.3 Å². The summed E-state index contributed by atoms with van der Waals surface area (Å²) in [6, 6.07) is 7.73. The molecule has 1 aliphatic carbocycles. The van der Waals surface area contributed by atoms with Crippen LogP contribution in [-0.2, 0) is 18.6 Å². The van der Waals surface area contributed by atoms with E-state index in [0.717, 1.165) is 40.9 Å². The van der Waals surface area contributed by atoms with Crippen molar-refractivity contribution in [2.24, 2.45) is 16.5 Å². The average molecular weight is 479 g/mol. The van der Waals surface area contributed by atoms with Crippen LogP contribution < -0.4 is 26.6 Å². The average Bonchev–Trinajstić information content (AvgIpc) is 3.57. The van der Waals surface area contributed by atoms with E-state index >= 15 is 0 Å². The second-order valence-electron chi connectivity index (χ2n) is 9.19. The van der Waals surface area contributed by atoms with Gasteiger partial charge >= 0.3 is 0 Å². The standard InChI is InChI=1S/C24H30N8OS/c25-23-29-24(26,16-7-9-17(10-8-16)33-14-13-31-11-3-4-12-31)30-32(23)21-20-18-5-1-2-6-19(18)34-22(20)28-15-27-21/h7-10,15,30H,1-6,11-14,26H2,(H2,25,29). The number of nitrogens with zero attached hydrogens (tertiary/aromatic N) is 5. The first-order chi connectivity index (χ1) is 16.6. The van der Waals surface area contributed by atoms with Gasteiger partial charge in [-0.1, -0.05) is 12.1 Å². The third kappa shape index (κ3) is 3.90. The molecule has 1 fully saturated rings. The predicted molar refractivity (Wildman–Crippen MR) is 135 cm³/mol. The Morgan fingerprint density at radius 3 is 2.68 bits per heavy atom. The van der Waals surface area contributed by atoms with Crippen LogP contribution in [0.25, 0.3) is 10.2 Å². The highest BCUT2D eigenvalue weighted by molar-refractivity contribution is 7.19. The zero-order chi connectivity index (χ0) is 23.1. The number of hydrogen-bond acceptors (Lipinski definition) is 10. The smallest absolute Gasteiger partial charge is 0.215 e. The van der Waals surface area contributed by atoms with Crippen molar-refractivity contribution in [2.75, 3.05) is 31.3 Å². The molecule has 0 saturated carbocycles. The number of thiophene rings is 1. The quantitative estimate of drug-likeness (QED) is 0.495. The lowest BCUT2D eigenvalue weighted by atomic mass is 9.97. The molecular formula is C24H30N8OS. The number of anilines is 1. The molecule has 3 aliphatic rings. The van der Waals surface area contributed by atoms with Crippen molar-refractivity contribution >= 4 is 33.3 Å². The Hall–Kier alpha value is -2.79. The van der Waals surface area contributed by atoms with Crippen molar-refractivity contribution < 1.29 is 4.74 Å². The van der Waals surface area contributed by atoms with E-state index in [0.29, 0.717) is 12.4 Å². The molecule has 0 amide bonds. The first-order valence-corrected chi connectivity index (χ1v) is 12.9. The molecule has 0 bridgehead atoms. The predicted octanol–water partition coefficient (Wildman–Crippen LogP) is 2.45. The van der Waals surface area contributed by atoms with Gasteiger partial charge in [-0.3, -0.25) is 10.6 Å². The van der Waals surface area contributed by atoms with Crippen LogP contribution in [0.1, 0.15) is 41.7 Å². The van der Waals surface area contributed by atoms with Crippen molar-refractivity contribution in [1.29, 1.82) is 0 Å². The lowest BCUT2D eigenvalue weighted by Crippen LogP contribution is -2.53. The van der Waals surface area contributed by atoms with E-state index in [9.17, 15) is 0 Å². The fourth-order valence-corrected chi connectivity index (χ4v) is 6.34. The third-order valence-electron chi connectivity index (χ3n) is 6.91. The summed E-state index contributed by atoms with van der Waals surface area (Å²) < 4.78 is 5.93. The number of hydrogen-bond donors (Lipinski definition) is 3. The van der Waals surface area contributed by atoms with E-state index in [-0.39, 0.29) is 5.96 Å². The molecule has 178 valence electrons. The number of rotatable bonds is 6. The van der Waals surface area contributed by atoms with E-state index < -0.39 is 5.79 Å². The number of benzene rings is 1. The van der Waals surface area contributed by atoms with Gasteiger partial charge in [0.1, 0.15) is 23.5 Å². The number of nitrogens with two attached hydrogens (primary N) is 2. The monoisotopic (exact) mass is 478 g/mol. The van der Waals surface area contributed by atoms with Crippen LogP contribution in [-0.4, -0.2) is 47.1 Å². The highest BCUT2D eigenvalue weighted by Gasteiger charge is 2.39. The molecule has 2 aromatic heterocycles. The third-order valence-corrected chi connectivity index (χ3v) is 8.11. The van der Waals surface area contributed by atoms with Crippen LogP contribution >= 0.6 is 11.3 Å². The Morgan fingerprint density at radius 1 is 1.06 bits per heavy atom. The summed E-state index contributed by atoms with van der Waals surface area (Å²) in [5.41, 5.74) is 18.5. The van der Waals surface area contributed by atoms with E-state index in [1.807, 2.05) is 24.3 Å². The molecule has 1 saturated heterocycles. The minimum atomic E-state index is -1.19. The second-order valence-corrected chi connectivity index (χ2v) is 10.3. The number of fused-ring (bicyclic) bond motifs is 3. The molecule has 34 heavy (non-hydrogen) atoms. The van der Waals surface area contributed by atoms with E-state index in [2.05, 4.69) is 25.3 Å². The summed E-state index contributed by atoms with van der Waals surface area (Å²) in [6.45, 7) is 3.98. The van der Waals surface area contributed by atoms with Crippen molar-refractivity contribution in [3.8, 4) is 5.75 Å². The lowest BCUT2D eigenvalue weighted by molar-refractivity contribution is 0.237. The van der Waals surface area contributed by atoms with E-state index in [1.165, 1.54) is 49.2 Å². The Kier molecular flexibility index (Phi) is 5.60. The number of likely N-dealkylation sites (tertiary alicyclic amines) is 1. The maximum absolute atomic E-state index is 6.68. The fourth-order valence-electron chi connectivity index (χ4n) is 5.12. The largest absolute Gasteiger partial charge is 0.492 e. The molecule has 0 spiro atoms. The molecule has 3 aromatic rings. The highest BCUT2D eigenvalue weighted by atomic mass is 32.1. The maximum atomic E-state index is 6.68. The first-order valence-electron chi connectivity index (χ1n) is 12.0. The fraction of sp³-hybridized carbons (Fsp3) is 0.458. The summed E-state index contributed by atoms with van der Waals surface area (Å²) in [4.78, 5) is 18.5. The second kappa shape index (κ2) is 8.77. The van der Waals surface area contributed by atoms with Crippen LogP contribution in [0.2, 0.25) is 0 Å². The molecule has 2 aliphatic heterocycles. The van der Waals surface area contributed by atoms with E-state index in [4.69, 9.17) is 16.2 Å². The zero-order valence-corrected chi connectivity index (χ0v) is 20.0. The van der Waals surface area contributed by atoms with Crippen molar-refractivity contribution in [3.63, 3.8) is 0 Å². The summed E-state index contributed by atoms with van der Waals surface area (Å²) in [5.74, 6) is 0.621. The number of aryl methyl sites for hydroxylation is 2. The van der Waals surface area contributed by atoms with Gasteiger partial charge in [0, 0.05) is 17.0 Å². The minimum Gasteiger partial charge on any atom is -0.492 e. The van der Waals surface area contributed by atoms with Gasteiger partial charge in [-0.15, -0.1) is 11.3 Å². The molecule has 1 aromatic carbocycles. The Balaban J connectivity index is 1.20. The number of ether oxygens (including phenoxy) is 1. The Labute approximate surface area is 202 Å². The van der Waals surface area contributed by atoms with Gasteiger partial charge in [0.25, 0.3) is 0 Å². The Bertz CT molecular complexity index is 1220. The van der Waals surface area contributed by atoms with Crippen LogP contribution in [0.5, 0.6) is 5.75 Å². The number of aromatic nitrogens is 2. The van der Waals surface area contributed by atoms with Gasteiger partial charge < -0.3 is 10.5 Å². The van der Waals surface area contributed by atoms with Crippen LogP contribution in [0.15, 0.2) is 35.6 Å². The van der Waals surface area contributed by atoms with Crippen molar-refractivity contribution in [1.82, 2.24) is 20.3 Å². The zero-order valence-electron chi connectivity index (χ0n) is 19.2. The van der Waals surface area contributed by atoms with Gasteiger partial charge in [0.05, 0.1) is 5.39 Å². The van der Waals surface area contributed by atoms with Gasteiger partial charge in [-0.05, 0) is 69.3 Å². The number of guanidine groups is 1. The lowest BCUT2D eigenvalue weighted by Gasteiger charge is -2.26. The van der Waals surface area contributed by atoms with Gasteiger partial charge in [-0.25, -0.2) is 20.0 Å². The highest BCUT2D eigenvalue weighted by Crippen LogP contribution is 2.40. The van der Waals surface area contributed by atoms with Crippen LogP contribution in [0.3, 0.4) is 0 Å². The summed E-state index contributed by atoms with van der Waals surface area (Å²) in [6.07, 6.45) is 8.69. The number of nitrogens with one attached hydrogen (secondary N) is 1. The first kappa shape index (κ1) is 21.7. The number of hydrazine groups is 1. The topological polar surface area (TPSA) is 118 Å². The van der Waals surface area contributed by atoms with Gasteiger partial charge in [-0.2, -0.15) is 5.43 Å². The molecule has 6 rings (SSSR count). The summed E-state index contributed by atoms with van der Waals surface area (Å²) >= 11 is 1.75. The molecular weight excluding hydrogens is 448 g/mol. The molecule has 1 atom stereocenters. The summed E-state index contributed by atoms with van der Waals surface area (Å²) in [5, 5.41) is 2.75. The number of aliphatic imine (C=N–C) groups is 1. The van der Waals surface area contributed by atoms with Crippen LogP contribution in [0, 0.1) is 0 Å². The molecule has 9 nitrogen and oxygen atoms in total. The Morgan fingerprint density at radius 2 is 1.85 bits per heavy atom. The van der Waals surface area contributed by atoms with Gasteiger partial charge in [0.15, 0.2) is 5.82 Å². The molecule has 5 N–H and O–H groups in total. The SMILES string of the molecule is NC1=NC(N)(c2ccc(OCCN3CCCC3)cc2)NN1c1ncnc2sc3c(c12)CCCC3. The molecule has 10 heteroatoms. The van der Waals surface area contributed by atoms with Gasteiger partial charge in [0.2, 0.25) is 11.7 Å². The summed E-state index contributed by atoms with van der Waals surface area (Å²) in [7, 11) is 0.